The van der Waals surface area contributed by atoms with Gasteiger partial charge in [-0.05, 0) is 18.9 Å². The molecule has 32 heavy (non-hydrogen) atoms. The van der Waals surface area contributed by atoms with Crippen molar-refractivity contribution in [2.45, 2.75) is 96.8 Å². The van der Waals surface area contributed by atoms with Crippen molar-refractivity contribution in [2.24, 2.45) is 0 Å². The fourth-order valence-electron chi connectivity index (χ4n) is 3.63. The number of nitrogens with zero attached hydrogens (tertiary/aromatic N) is 1. The van der Waals surface area contributed by atoms with Gasteiger partial charge in [0.25, 0.3) is 0 Å². The molecular formula is C27H47NO4. The number of rotatable bonds is 17. The van der Waals surface area contributed by atoms with E-state index < -0.39 is 11.9 Å². The van der Waals surface area contributed by atoms with Crippen LogP contribution in [0.25, 0.3) is 0 Å². The van der Waals surface area contributed by atoms with Crippen LogP contribution in [0.3, 0.4) is 0 Å². The molecule has 0 aliphatic rings. The van der Waals surface area contributed by atoms with Crippen molar-refractivity contribution in [1.82, 2.24) is 0 Å². The molecule has 0 radical (unpaired) electrons. The summed E-state index contributed by atoms with van der Waals surface area (Å²) in [6.45, 7) is 3.63. The first-order chi connectivity index (χ1) is 15.2. The number of unbranched alkanes of at least 4 members (excludes halogenated alkanes) is 13. The van der Waals surface area contributed by atoms with Gasteiger partial charge in [0.1, 0.15) is 0 Å². The van der Waals surface area contributed by atoms with E-state index in [4.69, 9.17) is 5.11 Å². The van der Waals surface area contributed by atoms with Gasteiger partial charge >= 0.3 is 5.97 Å². The molecule has 0 fully saturated rings. The summed E-state index contributed by atoms with van der Waals surface area (Å²) in [6, 6.07) is 5.31. The number of hydrogen-bond acceptors (Lipinski definition) is 3. The first-order valence-electron chi connectivity index (χ1n) is 12.5. The van der Waals surface area contributed by atoms with Gasteiger partial charge in [0.15, 0.2) is 0 Å². The quantitative estimate of drug-likeness (QED) is 0.236. The predicted octanol–water partition coefficient (Wildman–Crippen LogP) is 5.92. The van der Waals surface area contributed by atoms with Crippen LogP contribution in [-0.2, 0) is 0 Å². The standard InChI is InChI=1S/C19H42N.C8H6O4/c1-5-6-7-8-9-10-11-12-13-14-15-16-17-18-19-20(2,3)4;9-7(10)5-3-1-2-4-6(5)8(11)12/h5-19H2,1-4H3;1-4H,(H,9,10)(H,11,12)/q+1;/p-1. The summed E-state index contributed by atoms with van der Waals surface area (Å²) >= 11 is 0. The van der Waals surface area contributed by atoms with Crippen LogP contribution >= 0.6 is 0 Å². The first kappa shape index (κ1) is 30.1. The molecule has 0 saturated carbocycles. The second-order valence-corrected chi connectivity index (χ2v) is 9.75. The van der Waals surface area contributed by atoms with E-state index >= 15 is 0 Å². The van der Waals surface area contributed by atoms with Gasteiger partial charge < -0.3 is 19.5 Å². The van der Waals surface area contributed by atoms with E-state index in [2.05, 4.69) is 28.1 Å². The lowest BCUT2D eigenvalue weighted by atomic mass is 10.0. The van der Waals surface area contributed by atoms with Crippen molar-refractivity contribution < 1.29 is 24.3 Å². The molecular weight excluding hydrogens is 402 g/mol. The minimum Gasteiger partial charge on any atom is -0.545 e. The molecule has 0 aromatic heterocycles. The van der Waals surface area contributed by atoms with Gasteiger partial charge in [0.05, 0.1) is 39.2 Å². The van der Waals surface area contributed by atoms with Gasteiger partial charge in [-0.25, -0.2) is 4.79 Å². The molecule has 1 N–H and O–H groups in total. The Morgan fingerprint density at radius 3 is 1.41 bits per heavy atom. The molecule has 0 bridgehead atoms. The van der Waals surface area contributed by atoms with Crippen LogP contribution < -0.4 is 5.11 Å². The van der Waals surface area contributed by atoms with Crippen LogP contribution in [0.5, 0.6) is 0 Å². The zero-order chi connectivity index (χ0) is 24.2. The van der Waals surface area contributed by atoms with E-state index in [0.29, 0.717) is 0 Å². The summed E-state index contributed by atoms with van der Waals surface area (Å²) in [5.41, 5.74) is -0.553. The van der Waals surface area contributed by atoms with Gasteiger partial charge in [0.2, 0.25) is 0 Å². The molecule has 0 atom stereocenters. The van der Waals surface area contributed by atoms with Crippen molar-refractivity contribution in [3.8, 4) is 0 Å². The number of carboxylic acid groups (broad SMARTS) is 2. The van der Waals surface area contributed by atoms with E-state index in [0.717, 1.165) is 4.48 Å². The summed E-state index contributed by atoms with van der Waals surface area (Å²) < 4.78 is 1.12. The average molecular weight is 450 g/mol. The Morgan fingerprint density at radius 2 is 1.09 bits per heavy atom. The maximum Gasteiger partial charge on any atom is 0.336 e. The molecule has 1 rings (SSSR count). The van der Waals surface area contributed by atoms with E-state index in [1.165, 1.54) is 121 Å². The molecule has 1 aromatic rings. The summed E-state index contributed by atoms with van der Waals surface area (Å²) in [5.74, 6) is -2.75. The lowest BCUT2D eigenvalue weighted by Crippen LogP contribution is -2.35. The molecule has 0 spiro atoms. The lowest BCUT2D eigenvalue weighted by Gasteiger charge is -2.23. The second-order valence-electron chi connectivity index (χ2n) is 9.75. The van der Waals surface area contributed by atoms with Gasteiger partial charge in [-0.15, -0.1) is 0 Å². The molecule has 0 aliphatic carbocycles. The van der Waals surface area contributed by atoms with Crippen molar-refractivity contribution >= 4 is 11.9 Å². The first-order valence-corrected chi connectivity index (χ1v) is 12.5. The summed E-state index contributed by atoms with van der Waals surface area (Å²) in [6.07, 6.45) is 20.4. The molecule has 1 aromatic carbocycles. The van der Waals surface area contributed by atoms with Crippen LogP contribution in [0.2, 0.25) is 0 Å². The highest BCUT2D eigenvalue weighted by atomic mass is 16.4. The number of carbonyl (C=O) groups is 2. The Kier molecular flexibility index (Phi) is 17.6. The Bertz CT molecular complexity index is 589. The SMILES string of the molecule is CCCCCCCCCCCCCCCC[N+](C)(C)C.O=C([O-])c1ccccc1C(=O)O. The van der Waals surface area contributed by atoms with Crippen LogP contribution in [0.4, 0.5) is 0 Å². The van der Waals surface area contributed by atoms with Crippen molar-refractivity contribution in [3.63, 3.8) is 0 Å². The maximum absolute atomic E-state index is 10.4. The third-order valence-corrected chi connectivity index (χ3v) is 5.56. The molecule has 0 saturated heterocycles. The van der Waals surface area contributed by atoms with Crippen LogP contribution in [0, 0.1) is 0 Å². The number of quaternary nitrogens is 1. The molecule has 5 heteroatoms. The third kappa shape index (κ3) is 17.8. The zero-order valence-corrected chi connectivity index (χ0v) is 21.0. The smallest absolute Gasteiger partial charge is 0.336 e. The minimum absolute atomic E-state index is 0.252. The average Bonchev–Trinajstić information content (AvgIpc) is 2.73. The summed E-state index contributed by atoms with van der Waals surface area (Å²) in [5, 5.41) is 18.9. The van der Waals surface area contributed by atoms with Gasteiger partial charge in [-0.1, -0.05) is 102 Å². The highest BCUT2D eigenvalue weighted by Gasteiger charge is 2.08. The van der Waals surface area contributed by atoms with Gasteiger partial charge in [0, 0.05) is 5.56 Å². The van der Waals surface area contributed by atoms with Gasteiger partial charge in [-0.3, -0.25) is 0 Å². The third-order valence-electron chi connectivity index (χ3n) is 5.56. The van der Waals surface area contributed by atoms with Crippen LogP contribution in [-0.4, -0.2) is 49.2 Å². The monoisotopic (exact) mass is 449 g/mol. The maximum atomic E-state index is 10.4. The molecule has 0 unspecified atom stereocenters. The van der Waals surface area contributed by atoms with E-state index in [1.54, 1.807) is 0 Å². The Hall–Kier alpha value is -1.88. The second kappa shape index (κ2) is 18.7. The zero-order valence-electron chi connectivity index (χ0n) is 21.0. The Labute approximate surface area is 196 Å². The Balaban J connectivity index is 0.000000677. The molecule has 5 nitrogen and oxygen atoms in total. The molecule has 184 valence electrons. The highest BCUT2D eigenvalue weighted by Crippen LogP contribution is 2.13. The van der Waals surface area contributed by atoms with Crippen molar-refractivity contribution in [1.29, 1.82) is 0 Å². The van der Waals surface area contributed by atoms with E-state index in [-0.39, 0.29) is 11.1 Å². The topological polar surface area (TPSA) is 77.4 Å². The van der Waals surface area contributed by atoms with Crippen LogP contribution in [0.15, 0.2) is 24.3 Å². The van der Waals surface area contributed by atoms with Gasteiger partial charge in [-0.2, -0.15) is 0 Å². The molecule has 0 aliphatic heterocycles. The molecule has 0 heterocycles. The number of benzene rings is 1. The summed E-state index contributed by atoms with van der Waals surface area (Å²) in [7, 11) is 6.88. The fraction of sp³-hybridized carbons (Fsp3) is 0.704. The minimum atomic E-state index is -1.48. The number of carboxylic acids is 2. The number of carbonyl (C=O) groups excluding carboxylic acids is 1. The van der Waals surface area contributed by atoms with E-state index in [1.807, 2.05) is 0 Å². The van der Waals surface area contributed by atoms with E-state index in [9.17, 15) is 14.7 Å². The van der Waals surface area contributed by atoms with Crippen molar-refractivity contribution in [2.75, 3.05) is 27.7 Å². The normalized spacial score (nSPS) is 11.0. The van der Waals surface area contributed by atoms with Crippen molar-refractivity contribution in [3.05, 3.63) is 35.4 Å². The Morgan fingerprint density at radius 1 is 0.719 bits per heavy atom. The predicted molar refractivity (Wildman–Crippen MR) is 131 cm³/mol. The lowest BCUT2D eigenvalue weighted by molar-refractivity contribution is -0.870. The summed E-state index contributed by atoms with van der Waals surface area (Å²) in [4.78, 5) is 20.8. The molecule has 0 amide bonds. The number of aromatic carboxylic acids is 2. The fourth-order valence-corrected chi connectivity index (χ4v) is 3.63. The largest absolute Gasteiger partial charge is 0.545 e. The highest BCUT2D eigenvalue weighted by molar-refractivity contribution is 6.00. The van der Waals surface area contributed by atoms with Crippen LogP contribution in [0.1, 0.15) is 118 Å². The number of hydrogen-bond donors (Lipinski definition) is 1.